The Balaban J connectivity index is 1.92. The van der Waals surface area contributed by atoms with Crippen molar-refractivity contribution in [3.8, 4) is 0 Å². The number of fused-ring (bicyclic) bond motifs is 1. The molecule has 5 heteroatoms. The van der Waals surface area contributed by atoms with Gasteiger partial charge in [-0.25, -0.2) is 9.97 Å². The maximum absolute atomic E-state index is 10.7. The van der Waals surface area contributed by atoms with E-state index in [9.17, 15) is 5.11 Å². The van der Waals surface area contributed by atoms with E-state index >= 15 is 0 Å². The zero-order chi connectivity index (χ0) is 16.4. The maximum Gasteiger partial charge on any atom is 0.128 e. The highest BCUT2D eigenvalue weighted by atomic mass is 28.3. The Morgan fingerprint density at radius 1 is 1.17 bits per heavy atom. The number of aliphatic hydroxyl groups is 1. The van der Waals surface area contributed by atoms with Crippen LogP contribution < -0.4 is 0 Å². The Morgan fingerprint density at radius 2 is 1.91 bits per heavy atom. The molecule has 0 saturated heterocycles. The summed E-state index contributed by atoms with van der Waals surface area (Å²) in [6.07, 6.45) is 3.88. The fraction of sp³-hybridized carbons (Fsp3) is 0.333. The zero-order valence-corrected chi connectivity index (χ0v) is 14.9. The van der Waals surface area contributed by atoms with Crippen LogP contribution in [0.5, 0.6) is 0 Å². The molecule has 0 aliphatic heterocycles. The van der Waals surface area contributed by atoms with Crippen LogP contribution in [0.4, 0.5) is 0 Å². The molecule has 4 nitrogen and oxygen atoms in total. The quantitative estimate of drug-likeness (QED) is 0.699. The summed E-state index contributed by atoms with van der Waals surface area (Å²) < 4.78 is 0. The Bertz CT molecular complexity index is 793. The molecule has 120 valence electrons. The highest BCUT2D eigenvalue weighted by Gasteiger charge is 2.18. The summed E-state index contributed by atoms with van der Waals surface area (Å²) in [6, 6.07) is 10.8. The van der Waals surface area contributed by atoms with Gasteiger partial charge in [-0.1, -0.05) is 56.0 Å². The van der Waals surface area contributed by atoms with E-state index in [0.717, 1.165) is 34.4 Å². The van der Waals surface area contributed by atoms with E-state index < -0.39 is 14.2 Å². The average molecular weight is 325 g/mol. The standard InChI is InChI=1S/C18H23N3OSi/c1-23(2,3)10-9-16-20-12-15-17(21-16)14(11-19-15)18(22)13-7-5-4-6-8-13/h4-8,11-12,18-19,22H,9-10H2,1-3H3. The van der Waals surface area contributed by atoms with Crippen molar-refractivity contribution < 1.29 is 5.11 Å². The molecule has 2 aromatic heterocycles. The van der Waals surface area contributed by atoms with Gasteiger partial charge in [0.15, 0.2) is 0 Å². The lowest BCUT2D eigenvalue weighted by Gasteiger charge is -2.14. The van der Waals surface area contributed by atoms with E-state index in [0.29, 0.717) is 0 Å². The summed E-state index contributed by atoms with van der Waals surface area (Å²) >= 11 is 0. The van der Waals surface area contributed by atoms with Crippen LogP contribution >= 0.6 is 0 Å². The van der Waals surface area contributed by atoms with Gasteiger partial charge >= 0.3 is 0 Å². The van der Waals surface area contributed by atoms with Crippen molar-refractivity contribution >= 4 is 19.1 Å². The molecule has 0 amide bonds. The second-order valence-corrected chi connectivity index (χ2v) is 12.8. The fourth-order valence-corrected chi connectivity index (χ4v) is 3.57. The van der Waals surface area contributed by atoms with Crippen molar-refractivity contribution in [1.29, 1.82) is 0 Å². The van der Waals surface area contributed by atoms with E-state index in [-0.39, 0.29) is 0 Å². The number of aliphatic hydroxyl groups excluding tert-OH is 1. The van der Waals surface area contributed by atoms with Crippen LogP contribution in [0.15, 0.2) is 42.7 Å². The van der Waals surface area contributed by atoms with Crippen molar-refractivity contribution in [3.05, 3.63) is 59.7 Å². The number of hydrogen-bond acceptors (Lipinski definition) is 3. The van der Waals surface area contributed by atoms with E-state index in [1.54, 1.807) is 0 Å². The van der Waals surface area contributed by atoms with Crippen LogP contribution in [0.3, 0.4) is 0 Å². The predicted molar refractivity (Wildman–Crippen MR) is 96.2 cm³/mol. The van der Waals surface area contributed by atoms with E-state index in [1.807, 2.05) is 42.7 Å². The predicted octanol–water partition coefficient (Wildman–Crippen LogP) is 3.92. The number of nitrogens with zero attached hydrogens (tertiary/aromatic N) is 2. The largest absolute Gasteiger partial charge is 0.384 e. The summed E-state index contributed by atoms with van der Waals surface area (Å²) in [5.41, 5.74) is 3.37. The molecule has 1 atom stereocenters. The molecule has 1 aromatic carbocycles. The number of H-pyrrole nitrogens is 1. The SMILES string of the molecule is C[Si](C)(C)CCc1ncc2[nH]cc(C(O)c3ccccc3)c2n1. The summed E-state index contributed by atoms with van der Waals surface area (Å²) in [6.45, 7) is 7.06. The van der Waals surface area contributed by atoms with Gasteiger partial charge in [-0.3, -0.25) is 0 Å². The lowest BCUT2D eigenvalue weighted by molar-refractivity contribution is 0.221. The first-order valence-electron chi connectivity index (χ1n) is 8.00. The molecule has 0 saturated carbocycles. The van der Waals surface area contributed by atoms with Gasteiger partial charge in [0, 0.05) is 26.3 Å². The van der Waals surface area contributed by atoms with Crippen LogP contribution in [-0.2, 0) is 6.42 Å². The van der Waals surface area contributed by atoms with Gasteiger partial charge < -0.3 is 10.1 Å². The number of aryl methyl sites for hydroxylation is 1. The molecule has 0 spiro atoms. The number of rotatable bonds is 5. The highest BCUT2D eigenvalue weighted by Crippen LogP contribution is 2.27. The van der Waals surface area contributed by atoms with Crippen LogP contribution in [0.2, 0.25) is 25.7 Å². The third kappa shape index (κ3) is 3.68. The summed E-state index contributed by atoms with van der Waals surface area (Å²) in [5.74, 6) is 0.862. The molecule has 1 unspecified atom stereocenters. The maximum atomic E-state index is 10.7. The first-order valence-corrected chi connectivity index (χ1v) is 11.7. The molecule has 0 bridgehead atoms. The van der Waals surface area contributed by atoms with Crippen LogP contribution in [0, 0.1) is 0 Å². The van der Waals surface area contributed by atoms with Crippen LogP contribution in [0.25, 0.3) is 11.0 Å². The Morgan fingerprint density at radius 3 is 2.61 bits per heavy atom. The molecule has 0 radical (unpaired) electrons. The number of nitrogens with one attached hydrogen (secondary N) is 1. The average Bonchev–Trinajstić information content (AvgIpc) is 2.95. The first kappa shape index (κ1) is 15.9. The molecule has 3 rings (SSSR count). The minimum Gasteiger partial charge on any atom is -0.384 e. The molecule has 0 fully saturated rings. The molecular weight excluding hydrogens is 302 g/mol. The third-order valence-corrected chi connectivity index (χ3v) is 5.75. The first-order chi connectivity index (χ1) is 10.9. The lowest BCUT2D eigenvalue weighted by Crippen LogP contribution is -2.20. The smallest absolute Gasteiger partial charge is 0.128 e. The summed E-state index contributed by atoms with van der Waals surface area (Å²) in [7, 11) is -1.12. The van der Waals surface area contributed by atoms with Crippen molar-refractivity contribution in [3.63, 3.8) is 0 Å². The van der Waals surface area contributed by atoms with Crippen molar-refractivity contribution in [2.45, 2.75) is 38.2 Å². The Kier molecular flexibility index (Phi) is 4.32. The normalized spacial score (nSPS) is 13.4. The third-order valence-electron chi connectivity index (χ3n) is 4.00. The molecule has 23 heavy (non-hydrogen) atoms. The second kappa shape index (κ2) is 6.26. The van der Waals surface area contributed by atoms with E-state index in [1.165, 1.54) is 6.04 Å². The van der Waals surface area contributed by atoms with Crippen molar-refractivity contribution in [1.82, 2.24) is 15.0 Å². The molecule has 3 aromatic rings. The molecule has 2 heterocycles. The van der Waals surface area contributed by atoms with E-state index in [4.69, 9.17) is 4.98 Å². The Hall–Kier alpha value is -1.98. The van der Waals surface area contributed by atoms with Gasteiger partial charge in [-0.05, 0) is 5.56 Å². The summed E-state index contributed by atoms with van der Waals surface area (Å²) in [4.78, 5) is 12.3. The van der Waals surface area contributed by atoms with Gasteiger partial charge in [0.1, 0.15) is 11.9 Å². The number of benzene rings is 1. The van der Waals surface area contributed by atoms with Crippen molar-refractivity contribution in [2.75, 3.05) is 0 Å². The fourth-order valence-electron chi connectivity index (χ4n) is 2.60. The topological polar surface area (TPSA) is 61.8 Å². The zero-order valence-electron chi connectivity index (χ0n) is 13.9. The molecule has 0 aliphatic carbocycles. The number of aromatic amines is 1. The molecular formula is C18H23N3OSi. The minimum absolute atomic E-state index is 0.676. The van der Waals surface area contributed by atoms with Crippen molar-refractivity contribution in [2.24, 2.45) is 0 Å². The number of hydrogen-bond donors (Lipinski definition) is 2. The second-order valence-electron chi connectivity index (χ2n) is 7.17. The van der Waals surface area contributed by atoms with Gasteiger partial charge in [-0.15, -0.1) is 0 Å². The lowest BCUT2D eigenvalue weighted by atomic mass is 10.0. The highest BCUT2D eigenvalue weighted by molar-refractivity contribution is 6.76. The summed E-state index contributed by atoms with van der Waals surface area (Å²) in [5, 5.41) is 10.7. The Labute approximate surface area is 137 Å². The van der Waals surface area contributed by atoms with Crippen LogP contribution in [0.1, 0.15) is 23.1 Å². The number of aromatic nitrogens is 3. The minimum atomic E-state index is -1.12. The molecule has 0 aliphatic rings. The van der Waals surface area contributed by atoms with Crippen LogP contribution in [-0.4, -0.2) is 28.1 Å². The molecule has 2 N–H and O–H groups in total. The van der Waals surface area contributed by atoms with Gasteiger partial charge in [0.05, 0.1) is 17.2 Å². The monoisotopic (exact) mass is 325 g/mol. The van der Waals surface area contributed by atoms with Gasteiger partial charge in [0.2, 0.25) is 0 Å². The van der Waals surface area contributed by atoms with E-state index in [2.05, 4.69) is 29.6 Å². The van der Waals surface area contributed by atoms with Gasteiger partial charge in [0.25, 0.3) is 0 Å². The van der Waals surface area contributed by atoms with Gasteiger partial charge in [-0.2, -0.15) is 0 Å².